The molecule has 25 heavy (non-hydrogen) atoms. The largest absolute Gasteiger partial charge is 0.457 e. The van der Waals surface area contributed by atoms with Crippen molar-refractivity contribution < 1.29 is 8.95 Å². The summed E-state index contributed by atoms with van der Waals surface area (Å²) in [4.78, 5) is 14.6. The van der Waals surface area contributed by atoms with Gasteiger partial charge in [-0.15, -0.1) is 0 Å². The van der Waals surface area contributed by atoms with E-state index < -0.39 is 16.4 Å². The van der Waals surface area contributed by atoms with Crippen LogP contribution in [0, 0.1) is 11.3 Å². The maximum absolute atomic E-state index is 12.1. The van der Waals surface area contributed by atoms with E-state index in [9.17, 15) is 14.3 Å². The van der Waals surface area contributed by atoms with Gasteiger partial charge in [0, 0.05) is 18.0 Å². The summed E-state index contributed by atoms with van der Waals surface area (Å²) >= 11 is 0. The van der Waals surface area contributed by atoms with E-state index >= 15 is 0 Å². The summed E-state index contributed by atoms with van der Waals surface area (Å²) in [6.07, 6.45) is 2.92. The molecule has 3 rings (SSSR count). The van der Waals surface area contributed by atoms with E-state index in [-0.39, 0.29) is 10.5 Å². The number of aromatic amines is 1. The molecule has 0 fully saturated rings. The zero-order valence-corrected chi connectivity index (χ0v) is 14.2. The molecule has 1 N–H and O–H groups in total. The van der Waals surface area contributed by atoms with Crippen LogP contribution >= 0.6 is 0 Å². The van der Waals surface area contributed by atoms with Crippen molar-refractivity contribution in [1.29, 1.82) is 5.26 Å². The van der Waals surface area contributed by atoms with E-state index in [0.29, 0.717) is 22.6 Å². The molecule has 0 saturated carbocycles. The van der Waals surface area contributed by atoms with Gasteiger partial charge in [-0.3, -0.25) is 9.00 Å². The Morgan fingerprint density at radius 2 is 1.80 bits per heavy atom. The number of nitrogens with zero attached hydrogens (tertiary/aromatic N) is 1. The highest BCUT2D eigenvalue weighted by Crippen LogP contribution is 2.30. The Bertz CT molecular complexity index is 1040. The number of nitrogens with one attached hydrogen (secondary N) is 1. The molecule has 124 valence electrons. The van der Waals surface area contributed by atoms with E-state index in [1.54, 1.807) is 18.2 Å². The summed E-state index contributed by atoms with van der Waals surface area (Å²) in [6.45, 7) is 0. The minimum absolute atomic E-state index is 0.132. The molecular formula is C19H14N2O3S. The fourth-order valence-electron chi connectivity index (χ4n) is 2.48. The number of hydrogen-bond acceptors (Lipinski definition) is 4. The molecule has 0 aliphatic heterocycles. The average molecular weight is 350 g/mol. The second kappa shape index (κ2) is 7.16. The fraction of sp³-hybridized carbons (Fsp3) is 0.0526. The number of H-pyrrole nitrogens is 1. The second-order valence-corrected chi connectivity index (χ2v) is 6.56. The average Bonchev–Trinajstić information content (AvgIpc) is 2.62. The lowest BCUT2D eigenvalue weighted by Gasteiger charge is -2.11. The first-order valence-corrected chi connectivity index (χ1v) is 8.98. The van der Waals surface area contributed by atoms with Crippen molar-refractivity contribution in [2.45, 2.75) is 4.90 Å². The van der Waals surface area contributed by atoms with Gasteiger partial charge in [0.05, 0.1) is 15.7 Å². The van der Waals surface area contributed by atoms with E-state index in [2.05, 4.69) is 4.98 Å². The van der Waals surface area contributed by atoms with Gasteiger partial charge in [-0.25, -0.2) is 0 Å². The van der Waals surface area contributed by atoms with Gasteiger partial charge in [0.25, 0.3) is 5.56 Å². The summed E-state index contributed by atoms with van der Waals surface area (Å²) in [6, 6.07) is 18.4. The molecule has 0 saturated heterocycles. The molecule has 0 aliphatic rings. The number of nitriles is 1. The number of ether oxygens (including phenoxy) is 1. The van der Waals surface area contributed by atoms with E-state index in [0.717, 1.165) is 0 Å². The number of aromatic nitrogens is 1. The van der Waals surface area contributed by atoms with Crippen molar-refractivity contribution in [1.82, 2.24) is 4.98 Å². The van der Waals surface area contributed by atoms with E-state index in [4.69, 9.17) is 4.74 Å². The number of benzene rings is 2. The van der Waals surface area contributed by atoms with Gasteiger partial charge in [-0.1, -0.05) is 30.3 Å². The van der Waals surface area contributed by atoms with Gasteiger partial charge in [0.2, 0.25) is 0 Å². The van der Waals surface area contributed by atoms with Crippen LogP contribution in [0.25, 0.3) is 11.1 Å². The summed E-state index contributed by atoms with van der Waals surface area (Å²) < 4.78 is 17.9. The quantitative estimate of drug-likeness (QED) is 0.781. The smallest absolute Gasteiger partial charge is 0.267 e. The van der Waals surface area contributed by atoms with Gasteiger partial charge >= 0.3 is 0 Å². The monoisotopic (exact) mass is 350 g/mol. The van der Waals surface area contributed by atoms with Gasteiger partial charge in [0.1, 0.15) is 23.1 Å². The van der Waals surface area contributed by atoms with E-state index in [1.807, 2.05) is 42.5 Å². The molecule has 0 aliphatic carbocycles. The van der Waals surface area contributed by atoms with Gasteiger partial charge in [0.15, 0.2) is 0 Å². The first kappa shape index (κ1) is 16.7. The topological polar surface area (TPSA) is 83.0 Å². The third-order valence-corrected chi connectivity index (χ3v) is 4.57. The lowest BCUT2D eigenvalue weighted by atomic mass is 10.1. The van der Waals surface area contributed by atoms with Crippen molar-refractivity contribution in [3.63, 3.8) is 0 Å². The van der Waals surface area contributed by atoms with Gasteiger partial charge in [-0.05, 0) is 29.8 Å². The van der Waals surface area contributed by atoms with Crippen LogP contribution in [0.15, 0.2) is 70.5 Å². The number of para-hydroxylation sites is 1. The molecule has 0 spiro atoms. The molecule has 1 atom stereocenters. The third-order valence-electron chi connectivity index (χ3n) is 3.57. The van der Waals surface area contributed by atoms with Crippen molar-refractivity contribution in [2.75, 3.05) is 6.26 Å². The number of pyridine rings is 1. The number of hydrogen-bond donors (Lipinski definition) is 1. The Kier molecular flexibility index (Phi) is 4.78. The van der Waals surface area contributed by atoms with Crippen LogP contribution in [0.2, 0.25) is 0 Å². The number of rotatable bonds is 4. The van der Waals surface area contributed by atoms with Crippen LogP contribution in [0.4, 0.5) is 0 Å². The van der Waals surface area contributed by atoms with Crippen molar-refractivity contribution in [3.8, 4) is 28.7 Å². The molecule has 6 heteroatoms. The molecule has 1 unspecified atom stereocenters. The first-order valence-electron chi connectivity index (χ1n) is 7.42. The standard InChI is InChI=1S/C19H14N2O3S/c1-25(23)18-16(11-20)19(22)21-12-17(18)13-6-5-9-15(10-13)24-14-7-3-2-4-8-14/h2-10,12H,1H3,(H,21,22). The summed E-state index contributed by atoms with van der Waals surface area (Å²) in [7, 11) is -1.49. The lowest BCUT2D eigenvalue weighted by molar-refractivity contribution is 0.483. The van der Waals surface area contributed by atoms with Crippen LogP contribution < -0.4 is 10.3 Å². The minimum atomic E-state index is -1.49. The van der Waals surface area contributed by atoms with Crippen molar-refractivity contribution in [2.24, 2.45) is 0 Å². The van der Waals surface area contributed by atoms with Crippen molar-refractivity contribution >= 4 is 10.8 Å². The predicted molar refractivity (Wildman–Crippen MR) is 96.1 cm³/mol. The Labute approximate surface area is 147 Å². The Morgan fingerprint density at radius 1 is 1.08 bits per heavy atom. The van der Waals surface area contributed by atoms with E-state index in [1.165, 1.54) is 12.5 Å². The zero-order chi connectivity index (χ0) is 17.8. The van der Waals surface area contributed by atoms with Crippen LogP contribution in [-0.2, 0) is 10.8 Å². The maximum atomic E-state index is 12.1. The fourth-order valence-corrected chi connectivity index (χ4v) is 3.39. The molecule has 1 aromatic heterocycles. The van der Waals surface area contributed by atoms with Gasteiger partial charge < -0.3 is 9.72 Å². The minimum Gasteiger partial charge on any atom is -0.457 e. The highest BCUT2D eigenvalue weighted by Gasteiger charge is 2.17. The molecule has 2 aromatic carbocycles. The molecule has 5 nitrogen and oxygen atoms in total. The zero-order valence-electron chi connectivity index (χ0n) is 13.4. The lowest BCUT2D eigenvalue weighted by Crippen LogP contribution is -2.14. The summed E-state index contributed by atoms with van der Waals surface area (Å²) in [5, 5.41) is 9.24. The SMILES string of the molecule is CS(=O)c1c(-c2cccc(Oc3ccccc3)c2)c[nH]c(=O)c1C#N. The summed E-state index contributed by atoms with van der Waals surface area (Å²) in [5.74, 6) is 1.29. The predicted octanol–water partition coefficient (Wildman–Crippen LogP) is 3.44. The maximum Gasteiger partial charge on any atom is 0.267 e. The molecule has 0 bridgehead atoms. The normalized spacial score (nSPS) is 11.5. The third kappa shape index (κ3) is 3.52. The molecule has 3 aromatic rings. The van der Waals surface area contributed by atoms with Crippen LogP contribution in [-0.4, -0.2) is 15.4 Å². The van der Waals surface area contributed by atoms with Gasteiger partial charge in [-0.2, -0.15) is 5.26 Å². The highest BCUT2D eigenvalue weighted by molar-refractivity contribution is 7.84. The Balaban J connectivity index is 2.09. The molecule has 1 heterocycles. The van der Waals surface area contributed by atoms with Crippen LogP contribution in [0.5, 0.6) is 11.5 Å². The first-order chi connectivity index (χ1) is 12.1. The summed E-state index contributed by atoms with van der Waals surface area (Å²) in [5.41, 5.74) is 0.558. The van der Waals surface area contributed by atoms with Crippen LogP contribution in [0.1, 0.15) is 5.56 Å². The molecule has 0 radical (unpaired) electrons. The van der Waals surface area contributed by atoms with Crippen molar-refractivity contribution in [3.05, 3.63) is 76.7 Å². The Morgan fingerprint density at radius 3 is 2.48 bits per heavy atom. The molecule has 0 amide bonds. The Hall–Kier alpha value is -3.17. The highest BCUT2D eigenvalue weighted by atomic mass is 32.2. The van der Waals surface area contributed by atoms with Crippen LogP contribution in [0.3, 0.4) is 0 Å². The molecular weight excluding hydrogens is 336 g/mol. The second-order valence-electron chi connectivity index (χ2n) is 5.24.